The molecule has 0 fully saturated rings. The molecule has 0 saturated heterocycles. The minimum absolute atomic E-state index is 0.0360. The number of benzene rings is 1. The largest absolute Gasteiger partial charge is 0.354 e. The average Bonchev–Trinajstić information content (AvgIpc) is 2.63. The molecule has 3 aromatic rings. The Morgan fingerprint density at radius 1 is 1.12 bits per heavy atom. The zero-order valence-electron chi connectivity index (χ0n) is 14.4. The molecule has 1 N–H and O–H groups in total. The molecule has 1 aromatic carbocycles. The monoisotopic (exact) mass is 335 g/mol. The van der Waals surface area contributed by atoms with E-state index in [1.54, 1.807) is 29.2 Å². The van der Waals surface area contributed by atoms with Crippen LogP contribution in [0.4, 0.5) is 0 Å². The molecule has 5 nitrogen and oxygen atoms in total. The van der Waals surface area contributed by atoms with Crippen LogP contribution in [-0.2, 0) is 16.8 Å². The van der Waals surface area contributed by atoms with Gasteiger partial charge in [0.1, 0.15) is 6.54 Å². The fourth-order valence-electron chi connectivity index (χ4n) is 2.83. The van der Waals surface area contributed by atoms with Gasteiger partial charge in [0.25, 0.3) is 0 Å². The van der Waals surface area contributed by atoms with Crippen molar-refractivity contribution < 1.29 is 4.79 Å². The molecule has 0 bridgehead atoms. The zero-order valence-corrected chi connectivity index (χ0v) is 14.4. The predicted molar refractivity (Wildman–Crippen MR) is 98.5 cm³/mol. The molecule has 2 heterocycles. The van der Waals surface area contributed by atoms with E-state index in [4.69, 9.17) is 0 Å². The Hall–Kier alpha value is -2.95. The van der Waals surface area contributed by atoms with E-state index < -0.39 is 0 Å². The van der Waals surface area contributed by atoms with Crippen LogP contribution in [0.2, 0.25) is 0 Å². The maximum atomic E-state index is 12.4. The van der Waals surface area contributed by atoms with Crippen molar-refractivity contribution in [3.8, 4) is 0 Å². The molecule has 0 unspecified atom stereocenters. The van der Waals surface area contributed by atoms with Gasteiger partial charge in [-0.2, -0.15) is 0 Å². The summed E-state index contributed by atoms with van der Waals surface area (Å²) in [5, 5.41) is 3.61. The van der Waals surface area contributed by atoms with E-state index in [1.165, 1.54) is 6.07 Å². The number of nitrogens with one attached hydrogen (secondary N) is 1. The number of hydrogen-bond donors (Lipinski definition) is 1. The van der Waals surface area contributed by atoms with Gasteiger partial charge >= 0.3 is 0 Å². The summed E-state index contributed by atoms with van der Waals surface area (Å²) >= 11 is 0. The van der Waals surface area contributed by atoms with Crippen LogP contribution in [0.15, 0.2) is 65.8 Å². The minimum Gasteiger partial charge on any atom is -0.354 e. The number of rotatable bonds is 5. The number of fused-ring (bicyclic) bond motifs is 1. The Balaban J connectivity index is 1.72. The third-order valence-corrected chi connectivity index (χ3v) is 4.39. The summed E-state index contributed by atoms with van der Waals surface area (Å²) in [7, 11) is 0. The highest BCUT2D eigenvalue weighted by molar-refractivity contribution is 5.82. The van der Waals surface area contributed by atoms with Crippen molar-refractivity contribution in [2.75, 3.05) is 6.54 Å². The van der Waals surface area contributed by atoms with Crippen molar-refractivity contribution in [1.82, 2.24) is 14.9 Å². The van der Waals surface area contributed by atoms with Gasteiger partial charge in [-0.1, -0.05) is 26.0 Å². The van der Waals surface area contributed by atoms with Gasteiger partial charge in [0, 0.05) is 42.0 Å². The van der Waals surface area contributed by atoms with Crippen LogP contribution in [-0.4, -0.2) is 22.0 Å². The van der Waals surface area contributed by atoms with E-state index in [1.807, 2.05) is 30.3 Å². The lowest BCUT2D eigenvalue weighted by atomic mass is 9.85. The summed E-state index contributed by atoms with van der Waals surface area (Å²) in [6, 6.07) is 12.7. The van der Waals surface area contributed by atoms with E-state index in [0.29, 0.717) is 11.9 Å². The van der Waals surface area contributed by atoms with E-state index in [-0.39, 0.29) is 23.3 Å². The summed E-state index contributed by atoms with van der Waals surface area (Å²) in [5.74, 6) is -0.0871. The van der Waals surface area contributed by atoms with Crippen molar-refractivity contribution in [2.45, 2.75) is 25.8 Å². The fourth-order valence-corrected chi connectivity index (χ4v) is 2.83. The Morgan fingerprint density at radius 3 is 2.60 bits per heavy atom. The predicted octanol–water partition coefficient (Wildman–Crippen LogP) is 2.49. The summed E-state index contributed by atoms with van der Waals surface area (Å²) in [5.41, 5.74) is 1.66. The first kappa shape index (κ1) is 16.9. The molecule has 128 valence electrons. The highest BCUT2D eigenvalue weighted by Gasteiger charge is 2.21. The van der Waals surface area contributed by atoms with Crippen molar-refractivity contribution in [3.63, 3.8) is 0 Å². The highest BCUT2D eigenvalue weighted by Crippen LogP contribution is 2.21. The Kier molecular flexibility index (Phi) is 4.65. The molecule has 2 aromatic heterocycles. The third kappa shape index (κ3) is 3.76. The first-order chi connectivity index (χ1) is 12.0. The number of aromatic nitrogens is 2. The first-order valence-corrected chi connectivity index (χ1v) is 8.23. The summed E-state index contributed by atoms with van der Waals surface area (Å²) in [6.45, 7) is 4.86. The summed E-state index contributed by atoms with van der Waals surface area (Å²) in [6.07, 6.45) is 5.18. The lowest BCUT2D eigenvalue weighted by Crippen LogP contribution is -2.38. The maximum Gasteiger partial charge on any atom is 0.239 e. The molecular weight excluding hydrogens is 314 g/mol. The van der Waals surface area contributed by atoms with Gasteiger partial charge in [-0.05, 0) is 29.8 Å². The molecule has 0 aliphatic rings. The quantitative estimate of drug-likeness (QED) is 0.779. The second kappa shape index (κ2) is 6.89. The van der Waals surface area contributed by atoms with Gasteiger partial charge < -0.3 is 9.88 Å². The number of pyridine rings is 2. The maximum absolute atomic E-state index is 12.4. The van der Waals surface area contributed by atoms with Crippen LogP contribution in [0.1, 0.15) is 19.4 Å². The number of carbonyl (C=O) groups excluding carboxylic acids is 1. The molecular formula is C20H21N3O2. The number of para-hydroxylation sites is 1. The number of carbonyl (C=O) groups is 1. The van der Waals surface area contributed by atoms with E-state index in [2.05, 4.69) is 24.1 Å². The zero-order chi connectivity index (χ0) is 17.9. The van der Waals surface area contributed by atoms with E-state index in [9.17, 15) is 9.59 Å². The lowest BCUT2D eigenvalue weighted by Gasteiger charge is -2.25. The highest BCUT2D eigenvalue weighted by atomic mass is 16.2. The summed E-state index contributed by atoms with van der Waals surface area (Å²) < 4.78 is 1.80. The van der Waals surface area contributed by atoms with Crippen molar-refractivity contribution in [1.29, 1.82) is 0 Å². The van der Waals surface area contributed by atoms with Gasteiger partial charge in [-0.15, -0.1) is 0 Å². The molecule has 3 rings (SSSR count). The van der Waals surface area contributed by atoms with Gasteiger partial charge in [0.05, 0.1) is 5.52 Å². The summed E-state index contributed by atoms with van der Waals surface area (Å²) in [4.78, 5) is 28.3. The average molecular weight is 335 g/mol. The van der Waals surface area contributed by atoms with Crippen molar-refractivity contribution in [3.05, 3.63) is 76.8 Å². The number of amides is 1. The van der Waals surface area contributed by atoms with Gasteiger partial charge in [-0.3, -0.25) is 14.6 Å². The Morgan fingerprint density at radius 2 is 1.84 bits per heavy atom. The standard InChI is InChI=1S/C20H21N3O2/c1-20(2,15-7-10-21-11-8-15)14-22-19(25)13-23-12-9-18(24)16-5-3-4-6-17(16)23/h3-12H,13-14H2,1-2H3,(H,22,25). The molecule has 5 heteroatoms. The second-order valence-corrected chi connectivity index (χ2v) is 6.72. The topological polar surface area (TPSA) is 64.0 Å². The minimum atomic E-state index is -0.190. The molecule has 0 aliphatic carbocycles. The smallest absolute Gasteiger partial charge is 0.239 e. The van der Waals surface area contributed by atoms with Crippen LogP contribution in [0.5, 0.6) is 0 Å². The SMILES string of the molecule is CC(C)(CNC(=O)Cn1ccc(=O)c2ccccc21)c1ccncc1. The number of hydrogen-bond acceptors (Lipinski definition) is 3. The third-order valence-electron chi connectivity index (χ3n) is 4.39. The van der Waals surface area contributed by atoms with Gasteiger partial charge in [-0.25, -0.2) is 0 Å². The van der Waals surface area contributed by atoms with E-state index in [0.717, 1.165) is 11.1 Å². The van der Waals surface area contributed by atoms with Crippen LogP contribution < -0.4 is 10.7 Å². The van der Waals surface area contributed by atoms with Crippen LogP contribution in [0, 0.1) is 0 Å². The lowest BCUT2D eigenvalue weighted by molar-refractivity contribution is -0.121. The van der Waals surface area contributed by atoms with E-state index >= 15 is 0 Å². The van der Waals surface area contributed by atoms with Crippen molar-refractivity contribution in [2.24, 2.45) is 0 Å². The Bertz CT molecular complexity index is 946. The molecule has 0 spiro atoms. The molecule has 0 atom stereocenters. The Labute approximate surface area is 146 Å². The van der Waals surface area contributed by atoms with Crippen LogP contribution in [0.25, 0.3) is 10.9 Å². The molecule has 0 radical (unpaired) electrons. The molecule has 0 saturated carbocycles. The van der Waals surface area contributed by atoms with Crippen LogP contribution in [0.3, 0.4) is 0 Å². The fraction of sp³-hybridized carbons (Fsp3) is 0.250. The number of nitrogens with zero attached hydrogens (tertiary/aromatic N) is 2. The normalized spacial score (nSPS) is 11.4. The first-order valence-electron chi connectivity index (χ1n) is 8.23. The second-order valence-electron chi connectivity index (χ2n) is 6.72. The van der Waals surface area contributed by atoms with Gasteiger partial charge in [0.15, 0.2) is 5.43 Å². The molecule has 25 heavy (non-hydrogen) atoms. The molecule has 0 aliphatic heterocycles. The molecule has 1 amide bonds. The van der Waals surface area contributed by atoms with Crippen molar-refractivity contribution >= 4 is 16.8 Å². The van der Waals surface area contributed by atoms with Gasteiger partial charge in [0.2, 0.25) is 5.91 Å². The van der Waals surface area contributed by atoms with Crippen LogP contribution >= 0.6 is 0 Å².